The fraction of sp³-hybridized carbons (Fsp3) is 0.619. The van der Waals surface area contributed by atoms with E-state index in [0.717, 1.165) is 31.4 Å². The topological polar surface area (TPSA) is 52.7 Å². The van der Waals surface area contributed by atoms with E-state index >= 15 is 0 Å². The largest absolute Gasteiger partial charge is 0.351 e. The van der Waals surface area contributed by atoms with Crippen LogP contribution in [0.4, 0.5) is 0 Å². The van der Waals surface area contributed by atoms with Gasteiger partial charge in [-0.25, -0.2) is 0 Å². The zero-order valence-electron chi connectivity index (χ0n) is 15.5. The number of likely N-dealkylation sites (tertiary alicyclic amines) is 2. The molecule has 0 aliphatic carbocycles. The molecule has 5 heteroatoms. The lowest BCUT2D eigenvalue weighted by atomic mass is 9.98. The molecule has 1 aromatic carbocycles. The summed E-state index contributed by atoms with van der Waals surface area (Å²) in [6.07, 6.45) is 6.86. The molecular formula is C21H29N3O2. The number of nitrogens with one attached hydrogen (secondary N) is 1. The van der Waals surface area contributed by atoms with Crippen molar-refractivity contribution in [3.05, 3.63) is 35.4 Å². The van der Waals surface area contributed by atoms with Crippen LogP contribution in [0, 0.1) is 5.92 Å². The third-order valence-electron chi connectivity index (χ3n) is 6.05. The van der Waals surface area contributed by atoms with Gasteiger partial charge in [-0.05, 0) is 56.5 Å². The van der Waals surface area contributed by atoms with Crippen LogP contribution in [0.25, 0.3) is 0 Å². The summed E-state index contributed by atoms with van der Waals surface area (Å²) < 4.78 is 0. The van der Waals surface area contributed by atoms with Crippen LogP contribution in [-0.4, -0.2) is 53.8 Å². The highest BCUT2D eigenvalue weighted by Crippen LogP contribution is 2.23. The first kappa shape index (κ1) is 17.5. The van der Waals surface area contributed by atoms with Gasteiger partial charge in [0.25, 0.3) is 5.91 Å². The normalized spacial score (nSPS) is 26.9. The monoisotopic (exact) mass is 355 g/mol. The Morgan fingerprint density at radius 2 is 1.77 bits per heavy atom. The third kappa shape index (κ3) is 3.93. The van der Waals surface area contributed by atoms with Crippen LogP contribution in [0.3, 0.4) is 0 Å². The lowest BCUT2D eigenvalue weighted by molar-refractivity contribution is -0.124. The molecule has 0 aromatic heterocycles. The van der Waals surface area contributed by atoms with E-state index in [0.29, 0.717) is 13.1 Å². The van der Waals surface area contributed by atoms with Crippen molar-refractivity contribution in [1.82, 2.24) is 15.1 Å². The standard InChI is InChI=1S/C21H29N3O2/c25-20-18-5-4-6-19(22-20)15-24(14-18)21(26)17-9-7-16(8-10-17)13-23-11-2-1-3-12-23/h7-10,18-19H,1-6,11-15H2,(H,22,25)/t18-,19-/m0/s1. The summed E-state index contributed by atoms with van der Waals surface area (Å²) in [5, 5.41) is 3.09. The molecule has 2 atom stereocenters. The minimum Gasteiger partial charge on any atom is -0.351 e. The molecule has 140 valence electrons. The van der Waals surface area contributed by atoms with Gasteiger partial charge in [-0.2, -0.15) is 0 Å². The Kier molecular flexibility index (Phi) is 5.25. The Balaban J connectivity index is 1.42. The maximum absolute atomic E-state index is 13.0. The van der Waals surface area contributed by atoms with Crippen molar-refractivity contribution in [3.8, 4) is 0 Å². The predicted molar refractivity (Wildman–Crippen MR) is 101 cm³/mol. The van der Waals surface area contributed by atoms with Crippen molar-refractivity contribution in [2.24, 2.45) is 5.92 Å². The molecule has 26 heavy (non-hydrogen) atoms. The molecule has 1 N–H and O–H groups in total. The van der Waals surface area contributed by atoms with Crippen LogP contribution in [0.5, 0.6) is 0 Å². The van der Waals surface area contributed by atoms with E-state index in [1.54, 1.807) is 0 Å². The van der Waals surface area contributed by atoms with Crippen molar-refractivity contribution >= 4 is 11.8 Å². The van der Waals surface area contributed by atoms with Crippen LogP contribution >= 0.6 is 0 Å². The fourth-order valence-electron chi connectivity index (χ4n) is 4.53. The summed E-state index contributed by atoms with van der Waals surface area (Å²) in [6.45, 7) is 4.52. The summed E-state index contributed by atoms with van der Waals surface area (Å²) in [5.41, 5.74) is 2.01. The average molecular weight is 355 g/mol. The number of carbonyl (C=O) groups is 2. The fourth-order valence-corrected chi connectivity index (χ4v) is 4.53. The van der Waals surface area contributed by atoms with Crippen LogP contribution in [0.15, 0.2) is 24.3 Å². The third-order valence-corrected chi connectivity index (χ3v) is 6.05. The van der Waals surface area contributed by atoms with Gasteiger partial charge in [0, 0.05) is 31.2 Å². The van der Waals surface area contributed by atoms with Gasteiger partial charge < -0.3 is 10.2 Å². The Labute approximate surface area is 155 Å². The van der Waals surface area contributed by atoms with Gasteiger partial charge in [-0.3, -0.25) is 14.5 Å². The molecule has 0 radical (unpaired) electrons. The van der Waals surface area contributed by atoms with E-state index in [1.165, 1.54) is 37.9 Å². The Morgan fingerprint density at radius 1 is 1.00 bits per heavy atom. The molecule has 2 amide bonds. The van der Waals surface area contributed by atoms with Crippen molar-refractivity contribution in [2.45, 2.75) is 51.1 Å². The highest BCUT2D eigenvalue weighted by molar-refractivity contribution is 5.95. The Bertz CT molecular complexity index is 652. The number of hydrogen-bond donors (Lipinski definition) is 1. The SMILES string of the molecule is O=C1N[C@H]2CCC[C@H]1CN(C(=O)c1ccc(CN3CCCCC3)cc1)C2. The number of amides is 2. The second kappa shape index (κ2) is 7.78. The molecule has 0 spiro atoms. The van der Waals surface area contributed by atoms with E-state index < -0.39 is 0 Å². The molecule has 2 bridgehead atoms. The van der Waals surface area contributed by atoms with Crippen LogP contribution in [0.1, 0.15) is 54.4 Å². The summed E-state index contributed by atoms with van der Waals surface area (Å²) in [4.78, 5) is 29.5. The minimum absolute atomic E-state index is 0.0511. The van der Waals surface area contributed by atoms with Gasteiger partial charge >= 0.3 is 0 Å². The summed E-state index contributed by atoms with van der Waals surface area (Å²) in [5.74, 6) is 0.132. The predicted octanol–water partition coefficient (Wildman–Crippen LogP) is 2.41. The van der Waals surface area contributed by atoms with Gasteiger partial charge in [-0.15, -0.1) is 0 Å². The average Bonchev–Trinajstić information content (AvgIpc) is 2.91. The van der Waals surface area contributed by atoms with Crippen molar-refractivity contribution < 1.29 is 9.59 Å². The van der Waals surface area contributed by atoms with Crippen LogP contribution in [0.2, 0.25) is 0 Å². The van der Waals surface area contributed by atoms with E-state index in [2.05, 4.69) is 22.3 Å². The van der Waals surface area contributed by atoms with Gasteiger partial charge in [0.15, 0.2) is 0 Å². The molecule has 3 aliphatic rings. The van der Waals surface area contributed by atoms with E-state index in [9.17, 15) is 9.59 Å². The lowest BCUT2D eigenvalue weighted by Gasteiger charge is -2.28. The quantitative estimate of drug-likeness (QED) is 0.906. The number of nitrogens with zero attached hydrogens (tertiary/aromatic N) is 2. The van der Waals surface area contributed by atoms with E-state index in [-0.39, 0.29) is 23.8 Å². The zero-order valence-corrected chi connectivity index (χ0v) is 15.5. The number of rotatable bonds is 3. The summed E-state index contributed by atoms with van der Waals surface area (Å²) in [6, 6.07) is 8.19. The van der Waals surface area contributed by atoms with Crippen LogP contribution < -0.4 is 5.32 Å². The number of benzene rings is 1. The Hall–Kier alpha value is -1.88. The molecule has 3 fully saturated rings. The zero-order chi connectivity index (χ0) is 17.9. The lowest BCUT2D eigenvalue weighted by Crippen LogP contribution is -2.41. The molecular weight excluding hydrogens is 326 g/mol. The van der Waals surface area contributed by atoms with Crippen molar-refractivity contribution in [3.63, 3.8) is 0 Å². The molecule has 3 heterocycles. The molecule has 3 saturated heterocycles. The van der Waals surface area contributed by atoms with Crippen LogP contribution in [-0.2, 0) is 11.3 Å². The first-order chi connectivity index (χ1) is 12.7. The number of piperidine rings is 1. The second-order valence-electron chi connectivity index (χ2n) is 8.08. The summed E-state index contributed by atoms with van der Waals surface area (Å²) >= 11 is 0. The number of carbonyl (C=O) groups excluding carboxylic acids is 2. The van der Waals surface area contributed by atoms with Crippen molar-refractivity contribution in [1.29, 1.82) is 0 Å². The first-order valence-electron chi connectivity index (χ1n) is 10.1. The minimum atomic E-state index is -0.0511. The maximum atomic E-state index is 13.0. The summed E-state index contributed by atoms with van der Waals surface area (Å²) in [7, 11) is 0. The number of fused-ring (bicyclic) bond motifs is 3. The van der Waals surface area contributed by atoms with Crippen molar-refractivity contribution in [2.75, 3.05) is 26.2 Å². The highest BCUT2D eigenvalue weighted by atomic mass is 16.2. The van der Waals surface area contributed by atoms with E-state index in [4.69, 9.17) is 0 Å². The van der Waals surface area contributed by atoms with Gasteiger partial charge in [0.05, 0.1) is 5.92 Å². The van der Waals surface area contributed by atoms with Gasteiger partial charge in [0.1, 0.15) is 0 Å². The molecule has 3 aliphatic heterocycles. The molecule has 4 rings (SSSR count). The molecule has 0 saturated carbocycles. The highest BCUT2D eigenvalue weighted by Gasteiger charge is 2.34. The molecule has 0 unspecified atom stereocenters. The number of hydrogen-bond acceptors (Lipinski definition) is 3. The molecule has 1 aromatic rings. The maximum Gasteiger partial charge on any atom is 0.253 e. The second-order valence-corrected chi connectivity index (χ2v) is 8.08. The smallest absolute Gasteiger partial charge is 0.253 e. The molecule has 5 nitrogen and oxygen atoms in total. The Morgan fingerprint density at radius 3 is 2.54 bits per heavy atom. The van der Waals surface area contributed by atoms with E-state index in [1.807, 2.05) is 17.0 Å². The first-order valence-corrected chi connectivity index (χ1v) is 10.1. The van der Waals surface area contributed by atoms with Gasteiger partial charge in [-0.1, -0.05) is 25.0 Å². The van der Waals surface area contributed by atoms with Gasteiger partial charge in [0.2, 0.25) is 5.91 Å².